The van der Waals surface area contributed by atoms with Gasteiger partial charge in [0, 0.05) is 30.1 Å². The first kappa shape index (κ1) is 16.2. The van der Waals surface area contributed by atoms with Crippen LogP contribution in [-0.4, -0.2) is 35.4 Å². The number of carbonyl (C=O) groups excluding carboxylic acids is 1. The highest BCUT2D eigenvalue weighted by Crippen LogP contribution is 2.31. The molecule has 3 aromatic rings. The van der Waals surface area contributed by atoms with Gasteiger partial charge in [-0.15, -0.1) is 0 Å². The minimum absolute atomic E-state index is 0.105. The van der Waals surface area contributed by atoms with E-state index in [4.69, 9.17) is 5.73 Å². The van der Waals surface area contributed by atoms with Gasteiger partial charge in [-0.1, -0.05) is 0 Å². The Hall–Kier alpha value is -3.23. The smallest absolute Gasteiger partial charge is 0.247 e. The minimum Gasteiger partial charge on any atom is -0.368 e. The second-order valence-electron chi connectivity index (χ2n) is 6.57. The third kappa shape index (κ3) is 3.71. The molecule has 3 N–H and O–H groups in total. The van der Waals surface area contributed by atoms with E-state index >= 15 is 0 Å². The quantitative estimate of drug-likeness (QED) is 0.694. The number of carbonyl (C=O) groups is 1. The van der Waals surface area contributed by atoms with Crippen LogP contribution in [0.1, 0.15) is 18.5 Å². The summed E-state index contributed by atoms with van der Waals surface area (Å²) in [7, 11) is 0. The molecule has 26 heavy (non-hydrogen) atoms. The van der Waals surface area contributed by atoms with E-state index in [1.165, 1.54) is 12.8 Å². The Bertz CT molecular complexity index is 920. The summed E-state index contributed by atoms with van der Waals surface area (Å²) in [4.78, 5) is 20.6. The van der Waals surface area contributed by atoms with Gasteiger partial charge in [-0.3, -0.25) is 9.48 Å². The van der Waals surface area contributed by atoms with Gasteiger partial charge in [0.25, 0.3) is 0 Å². The molecule has 0 atom stereocenters. The Labute approximate surface area is 150 Å². The third-order valence-electron chi connectivity index (χ3n) is 4.22. The average Bonchev–Trinajstić information content (AvgIpc) is 3.09. The summed E-state index contributed by atoms with van der Waals surface area (Å²) in [5.74, 6) is 1.46. The summed E-state index contributed by atoms with van der Waals surface area (Å²) in [5, 5.41) is 11.4. The van der Waals surface area contributed by atoms with E-state index < -0.39 is 0 Å². The number of aromatic nitrogens is 6. The first-order chi connectivity index (χ1) is 12.6. The van der Waals surface area contributed by atoms with E-state index in [0.29, 0.717) is 17.4 Å². The van der Waals surface area contributed by atoms with E-state index in [2.05, 4.69) is 25.5 Å². The topological polar surface area (TPSA) is 117 Å². The lowest BCUT2D eigenvalue weighted by Crippen LogP contribution is -2.21. The molecule has 0 unspecified atom stereocenters. The molecule has 0 saturated heterocycles. The second-order valence-corrected chi connectivity index (χ2v) is 6.57. The van der Waals surface area contributed by atoms with Gasteiger partial charge in [-0.05, 0) is 31.7 Å². The van der Waals surface area contributed by atoms with E-state index in [-0.39, 0.29) is 18.4 Å². The molecule has 1 aliphatic carbocycles. The fourth-order valence-corrected chi connectivity index (χ4v) is 2.78. The third-order valence-corrected chi connectivity index (χ3v) is 4.22. The standard InChI is InChI=1S/C17H20N8O/c1-11-6-14(22-17(18)21-11)13-7-20-24(9-13)10-16(26)23-15-4-5-19-25(15)8-12-2-3-12/h4-7,9,12H,2-3,8,10H2,1H3,(H,23,26)(H2,18,21,22). The first-order valence-electron chi connectivity index (χ1n) is 8.52. The highest BCUT2D eigenvalue weighted by atomic mass is 16.2. The predicted molar refractivity (Wildman–Crippen MR) is 96.0 cm³/mol. The zero-order chi connectivity index (χ0) is 18.1. The average molecular weight is 352 g/mol. The van der Waals surface area contributed by atoms with E-state index in [1.807, 2.05) is 17.7 Å². The normalized spacial score (nSPS) is 13.7. The van der Waals surface area contributed by atoms with Crippen molar-refractivity contribution in [3.8, 4) is 11.3 Å². The molecule has 1 aliphatic rings. The molecule has 1 fully saturated rings. The fraction of sp³-hybridized carbons (Fsp3) is 0.353. The molecule has 4 rings (SSSR count). The van der Waals surface area contributed by atoms with Crippen molar-refractivity contribution in [2.75, 3.05) is 11.1 Å². The summed E-state index contributed by atoms with van der Waals surface area (Å²) < 4.78 is 3.41. The fourth-order valence-electron chi connectivity index (χ4n) is 2.78. The van der Waals surface area contributed by atoms with E-state index in [0.717, 1.165) is 17.8 Å². The van der Waals surface area contributed by atoms with Gasteiger partial charge >= 0.3 is 0 Å². The summed E-state index contributed by atoms with van der Waals surface area (Å²) in [6.07, 6.45) is 7.59. The molecule has 134 valence electrons. The highest BCUT2D eigenvalue weighted by molar-refractivity contribution is 5.89. The minimum atomic E-state index is -0.157. The van der Waals surface area contributed by atoms with Gasteiger partial charge in [-0.25, -0.2) is 14.6 Å². The predicted octanol–water partition coefficient (Wildman–Crippen LogP) is 1.48. The van der Waals surface area contributed by atoms with Crippen LogP contribution in [0.5, 0.6) is 0 Å². The van der Waals surface area contributed by atoms with Crippen molar-refractivity contribution in [1.29, 1.82) is 0 Å². The number of nitrogens with two attached hydrogens (primary N) is 1. The SMILES string of the molecule is Cc1cc(-c2cnn(CC(=O)Nc3ccnn3CC3CC3)c2)nc(N)n1. The first-order valence-corrected chi connectivity index (χ1v) is 8.52. The lowest BCUT2D eigenvalue weighted by atomic mass is 10.2. The molecular formula is C17H20N8O. The maximum absolute atomic E-state index is 12.3. The zero-order valence-corrected chi connectivity index (χ0v) is 14.5. The molecule has 0 bridgehead atoms. The van der Waals surface area contributed by atoms with Crippen molar-refractivity contribution >= 4 is 17.7 Å². The number of anilines is 2. The number of nitrogens with zero attached hydrogens (tertiary/aromatic N) is 6. The van der Waals surface area contributed by atoms with Crippen molar-refractivity contribution in [3.05, 3.63) is 36.4 Å². The Morgan fingerprint density at radius 3 is 2.96 bits per heavy atom. The van der Waals surface area contributed by atoms with Gasteiger partial charge in [0.05, 0.1) is 18.1 Å². The number of hydrogen-bond acceptors (Lipinski definition) is 6. The van der Waals surface area contributed by atoms with E-state index in [1.54, 1.807) is 29.3 Å². The van der Waals surface area contributed by atoms with Crippen LogP contribution in [-0.2, 0) is 17.9 Å². The summed E-state index contributed by atoms with van der Waals surface area (Å²) >= 11 is 0. The van der Waals surface area contributed by atoms with Crippen molar-refractivity contribution in [2.24, 2.45) is 5.92 Å². The highest BCUT2D eigenvalue weighted by Gasteiger charge is 2.23. The van der Waals surface area contributed by atoms with Crippen molar-refractivity contribution < 1.29 is 4.79 Å². The van der Waals surface area contributed by atoms with Crippen LogP contribution in [0.3, 0.4) is 0 Å². The van der Waals surface area contributed by atoms with Crippen LogP contribution < -0.4 is 11.1 Å². The van der Waals surface area contributed by atoms with Crippen LogP contribution in [0, 0.1) is 12.8 Å². The Kier molecular flexibility index (Phi) is 4.11. The van der Waals surface area contributed by atoms with Gasteiger partial charge in [0.15, 0.2) is 0 Å². The van der Waals surface area contributed by atoms with Crippen molar-refractivity contribution in [3.63, 3.8) is 0 Å². The maximum atomic E-state index is 12.3. The monoisotopic (exact) mass is 352 g/mol. The van der Waals surface area contributed by atoms with E-state index in [9.17, 15) is 4.79 Å². The molecule has 9 heteroatoms. The number of nitrogen functional groups attached to an aromatic ring is 1. The summed E-state index contributed by atoms with van der Waals surface area (Å²) in [5.41, 5.74) is 7.94. The molecule has 0 radical (unpaired) electrons. The molecule has 0 spiro atoms. The molecule has 9 nitrogen and oxygen atoms in total. The Morgan fingerprint density at radius 1 is 1.35 bits per heavy atom. The van der Waals surface area contributed by atoms with Crippen LogP contribution >= 0.6 is 0 Å². The molecule has 0 aliphatic heterocycles. The molecule has 3 heterocycles. The zero-order valence-electron chi connectivity index (χ0n) is 14.5. The van der Waals surface area contributed by atoms with Gasteiger partial charge in [0.2, 0.25) is 11.9 Å². The number of amides is 1. The van der Waals surface area contributed by atoms with Gasteiger partial charge < -0.3 is 11.1 Å². The summed E-state index contributed by atoms with van der Waals surface area (Å²) in [6.45, 7) is 2.81. The number of nitrogens with one attached hydrogen (secondary N) is 1. The Balaban J connectivity index is 1.42. The molecular weight excluding hydrogens is 332 g/mol. The largest absolute Gasteiger partial charge is 0.368 e. The second kappa shape index (κ2) is 6.58. The van der Waals surface area contributed by atoms with Crippen LogP contribution in [0.25, 0.3) is 11.3 Å². The van der Waals surface area contributed by atoms with Crippen LogP contribution in [0.15, 0.2) is 30.7 Å². The number of aryl methyl sites for hydroxylation is 1. The molecule has 1 amide bonds. The van der Waals surface area contributed by atoms with Crippen molar-refractivity contribution in [1.82, 2.24) is 29.5 Å². The summed E-state index contributed by atoms with van der Waals surface area (Å²) in [6, 6.07) is 3.63. The van der Waals surface area contributed by atoms with Crippen molar-refractivity contribution in [2.45, 2.75) is 32.9 Å². The lowest BCUT2D eigenvalue weighted by molar-refractivity contribution is -0.116. The van der Waals surface area contributed by atoms with Crippen LogP contribution in [0.4, 0.5) is 11.8 Å². The Morgan fingerprint density at radius 2 is 2.19 bits per heavy atom. The molecule has 1 saturated carbocycles. The van der Waals surface area contributed by atoms with Crippen LogP contribution in [0.2, 0.25) is 0 Å². The molecule has 3 aromatic heterocycles. The van der Waals surface area contributed by atoms with Gasteiger partial charge in [0.1, 0.15) is 12.4 Å². The van der Waals surface area contributed by atoms with Gasteiger partial charge in [-0.2, -0.15) is 10.2 Å². The maximum Gasteiger partial charge on any atom is 0.247 e. The lowest BCUT2D eigenvalue weighted by Gasteiger charge is -2.08. The number of rotatable bonds is 6. The number of hydrogen-bond donors (Lipinski definition) is 2. The molecule has 0 aromatic carbocycles.